The maximum absolute atomic E-state index is 13.4. The Kier molecular flexibility index (Phi) is 6.31. The Labute approximate surface area is 213 Å². The van der Waals surface area contributed by atoms with Crippen LogP contribution in [0.5, 0.6) is 17.2 Å². The van der Waals surface area contributed by atoms with Gasteiger partial charge in [0.15, 0.2) is 11.5 Å². The maximum Gasteiger partial charge on any atom is 0.295 e. The average Bonchev–Trinajstić information content (AvgIpc) is 3.45. The molecule has 1 saturated heterocycles. The number of amides is 1. The molecule has 8 nitrogen and oxygen atoms in total. The second kappa shape index (κ2) is 9.73. The summed E-state index contributed by atoms with van der Waals surface area (Å²) < 4.78 is 10.9. The first kappa shape index (κ1) is 24.0. The molecule has 2 heterocycles. The number of nitrogens with zero attached hydrogens (tertiary/aromatic N) is 1. The van der Waals surface area contributed by atoms with Crippen molar-refractivity contribution >= 4 is 28.4 Å². The molecule has 1 amide bonds. The normalized spacial score (nSPS) is 16.9. The number of aliphatic hydroxyl groups excluding tert-OH is 1. The van der Waals surface area contributed by atoms with Crippen molar-refractivity contribution in [3.63, 3.8) is 0 Å². The quantitative estimate of drug-likeness (QED) is 0.190. The van der Waals surface area contributed by atoms with E-state index in [1.807, 2.05) is 30.3 Å². The van der Waals surface area contributed by atoms with Gasteiger partial charge in [0.25, 0.3) is 11.7 Å². The molecule has 8 heteroatoms. The highest BCUT2D eigenvalue weighted by atomic mass is 16.5. The molecule has 0 radical (unpaired) electrons. The van der Waals surface area contributed by atoms with E-state index in [0.717, 1.165) is 16.5 Å². The number of phenols is 1. The summed E-state index contributed by atoms with van der Waals surface area (Å²) in [6, 6.07) is 18.4. The first-order valence-corrected chi connectivity index (χ1v) is 11.9. The van der Waals surface area contributed by atoms with E-state index < -0.39 is 17.7 Å². The molecule has 37 heavy (non-hydrogen) atoms. The molecule has 1 atom stereocenters. The molecule has 4 aromatic rings. The highest BCUT2D eigenvalue weighted by Gasteiger charge is 2.46. The molecule has 1 fully saturated rings. The van der Waals surface area contributed by atoms with Gasteiger partial charge in [-0.25, -0.2) is 0 Å². The summed E-state index contributed by atoms with van der Waals surface area (Å²) in [5.74, 6) is -1.03. The van der Waals surface area contributed by atoms with E-state index in [0.29, 0.717) is 23.5 Å². The standard InChI is InChI=1S/C29H26N2O6/c1-3-37-24-14-18(11-12-23(24)32)26-25(27(33)21-15-30-22-10-5-4-9-20(21)22)28(34)29(35)31(26)16-17-7-6-8-19(13-17)36-2/h4-15,26,30,32-33H,3,16H2,1-2H3/b27-25-. The minimum atomic E-state index is -0.917. The van der Waals surface area contributed by atoms with E-state index in [4.69, 9.17) is 9.47 Å². The van der Waals surface area contributed by atoms with Crippen molar-refractivity contribution in [1.29, 1.82) is 0 Å². The molecule has 188 valence electrons. The van der Waals surface area contributed by atoms with Gasteiger partial charge in [0.1, 0.15) is 11.5 Å². The number of carbonyl (C=O) groups excluding carboxylic acids is 2. The molecule has 0 aliphatic carbocycles. The van der Waals surface area contributed by atoms with Crippen LogP contribution in [0.25, 0.3) is 16.7 Å². The van der Waals surface area contributed by atoms with Crippen LogP contribution in [0.4, 0.5) is 0 Å². The van der Waals surface area contributed by atoms with E-state index in [2.05, 4.69) is 4.98 Å². The number of ether oxygens (including phenoxy) is 2. The van der Waals surface area contributed by atoms with E-state index >= 15 is 0 Å². The van der Waals surface area contributed by atoms with Crippen molar-refractivity contribution in [1.82, 2.24) is 9.88 Å². The fraction of sp³-hybridized carbons (Fsp3) is 0.172. The molecule has 1 aliphatic heterocycles. The third-order valence-electron chi connectivity index (χ3n) is 6.47. The van der Waals surface area contributed by atoms with Gasteiger partial charge in [-0.1, -0.05) is 36.4 Å². The lowest BCUT2D eigenvalue weighted by Crippen LogP contribution is -2.29. The van der Waals surface area contributed by atoms with Crippen LogP contribution in [0.3, 0.4) is 0 Å². The zero-order valence-electron chi connectivity index (χ0n) is 20.4. The number of methoxy groups -OCH3 is 1. The van der Waals surface area contributed by atoms with Gasteiger partial charge in [0.2, 0.25) is 0 Å². The lowest BCUT2D eigenvalue weighted by molar-refractivity contribution is -0.140. The van der Waals surface area contributed by atoms with E-state index in [1.165, 1.54) is 11.0 Å². The number of carbonyl (C=O) groups is 2. The Bertz CT molecular complexity index is 1540. The van der Waals surface area contributed by atoms with Gasteiger partial charge >= 0.3 is 0 Å². The molecule has 1 aromatic heterocycles. The number of aromatic amines is 1. The Morgan fingerprint density at radius 2 is 1.86 bits per heavy atom. The Morgan fingerprint density at radius 1 is 1.05 bits per heavy atom. The monoisotopic (exact) mass is 498 g/mol. The molecule has 3 N–H and O–H groups in total. The highest BCUT2D eigenvalue weighted by molar-refractivity contribution is 6.46. The number of aromatic nitrogens is 1. The van der Waals surface area contributed by atoms with Gasteiger partial charge < -0.3 is 29.6 Å². The second-order valence-electron chi connectivity index (χ2n) is 8.69. The fourth-order valence-electron chi connectivity index (χ4n) is 4.74. The van der Waals surface area contributed by atoms with Crippen LogP contribution in [-0.4, -0.2) is 45.5 Å². The van der Waals surface area contributed by atoms with Gasteiger partial charge in [-0.15, -0.1) is 0 Å². The molecular formula is C29H26N2O6. The SMILES string of the molecule is CCOc1cc(C2/C(=C(/O)c3c[nH]c4ccccc34)C(=O)C(=O)N2Cc2cccc(OC)c2)ccc1O. The average molecular weight is 499 g/mol. The lowest BCUT2D eigenvalue weighted by atomic mass is 9.94. The van der Waals surface area contributed by atoms with E-state index in [1.54, 1.807) is 50.6 Å². The van der Waals surface area contributed by atoms with Gasteiger partial charge in [0.05, 0.1) is 25.3 Å². The number of nitrogens with one attached hydrogen (secondary N) is 1. The summed E-state index contributed by atoms with van der Waals surface area (Å²) in [6.07, 6.45) is 1.62. The summed E-state index contributed by atoms with van der Waals surface area (Å²) in [7, 11) is 1.55. The number of fused-ring (bicyclic) bond motifs is 1. The van der Waals surface area contributed by atoms with E-state index in [-0.39, 0.29) is 29.4 Å². The van der Waals surface area contributed by atoms with Gasteiger partial charge in [-0.3, -0.25) is 9.59 Å². The molecule has 5 rings (SSSR count). The summed E-state index contributed by atoms with van der Waals surface area (Å²) in [5.41, 5.74) is 2.44. The molecule has 1 unspecified atom stereocenters. The van der Waals surface area contributed by atoms with Crippen molar-refractivity contribution in [2.75, 3.05) is 13.7 Å². The predicted octanol–water partition coefficient (Wildman–Crippen LogP) is 4.90. The lowest BCUT2D eigenvalue weighted by Gasteiger charge is -2.26. The number of para-hydroxylation sites is 1. The van der Waals surface area contributed by atoms with Gasteiger partial charge in [-0.2, -0.15) is 0 Å². The van der Waals surface area contributed by atoms with Crippen molar-refractivity contribution < 1.29 is 29.3 Å². The third-order valence-corrected chi connectivity index (χ3v) is 6.47. The first-order valence-electron chi connectivity index (χ1n) is 11.9. The predicted molar refractivity (Wildman–Crippen MR) is 138 cm³/mol. The number of likely N-dealkylation sites (tertiary alicyclic amines) is 1. The Hall–Kier alpha value is -4.72. The smallest absolute Gasteiger partial charge is 0.295 e. The second-order valence-corrected chi connectivity index (χ2v) is 8.69. The third kappa shape index (κ3) is 4.27. The fourth-order valence-corrected chi connectivity index (χ4v) is 4.74. The Balaban J connectivity index is 1.69. The Morgan fingerprint density at radius 3 is 2.65 bits per heavy atom. The molecule has 0 saturated carbocycles. The molecular weight excluding hydrogens is 472 g/mol. The maximum atomic E-state index is 13.4. The van der Waals surface area contributed by atoms with Gasteiger partial charge in [-0.05, 0) is 48.4 Å². The van der Waals surface area contributed by atoms with Crippen LogP contribution in [0.15, 0.2) is 78.5 Å². The highest BCUT2D eigenvalue weighted by Crippen LogP contribution is 2.43. The zero-order valence-corrected chi connectivity index (χ0v) is 20.4. The van der Waals surface area contributed by atoms with Crippen LogP contribution in [0.2, 0.25) is 0 Å². The molecule has 3 aromatic carbocycles. The number of hydrogen-bond donors (Lipinski definition) is 3. The molecule has 0 bridgehead atoms. The number of hydrogen-bond acceptors (Lipinski definition) is 6. The van der Waals surface area contributed by atoms with Crippen molar-refractivity contribution in [3.8, 4) is 17.2 Å². The number of ketones is 1. The van der Waals surface area contributed by atoms with Crippen molar-refractivity contribution in [3.05, 3.63) is 95.2 Å². The zero-order chi connectivity index (χ0) is 26.1. The summed E-state index contributed by atoms with van der Waals surface area (Å²) in [5, 5.41) is 22.5. The summed E-state index contributed by atoms with van der Waals surface area (Å²) in [6.45, 7) is 2.20. The van der Waals surface area contributed by atoms with Crippen molar-refractivity contribution in [2.45, 2.75) is 19.5 Å². The van der Waals surface area contributed by atoms with E-state index in [9.17, 15) is 19.8 Å². The minimum Gasteiger partial charge on any atom is -0.507 e. The first-order chi connectivity index (χ1) is 17.9. The number of benzene rings is 3. The van der Waals surface area contributed by atoms with Crippen molar-refractivity contribution in [2.24, 2.45) is 0 Å². The number of aliphatic hydroxyl groups is 1. The largest absolute Gasteiger partial charge is 0.507 e. The van der Waals surface area contributed by atoms with Gasteiger partial charge in [0, 0.05) is 29.2 Å². The molecule has 0 spiro atoms. The number of phenolic OH excluding ortho intramolecular Hbond substituents is 1. The summed E-state index contributed by atoms with van der Waals surface area (Å²) >= 11 is 0. The number of aromatic hydroxyl groups is 1. The number of rotatable bonds is 7. The molecule has 1 aliphatic rings. The minimum absolute atomic E-state index is 0.0363. The van der Waals surface area contributed by atoms with Crippen LogP contribution in [0.1, 0.15) is 29.7 Å². The van der Waals surface area contributed by atoms with Crippen LogP contribution in [0, 0.1) is 0 Å². The number of H-pyrrole nitrogens is 1. The van der Waals surface area contributed by atoms with Crippen LogP contribution < -0.4 is 9.47 Å². The number of Topliss-reactive ketones (excluding diaryl/α,β-unsaturated/α-hetero) is 1. The summed E-state index contributed by atoms with van der Waals surface area (Å²) in [4.78, 5) is 31.3. The van der Waals surface area contributed by atoms with Crippen LogP contribution in [-0.2, 0) is 16.1 Å². The topological polar surface area (TPSA) is 112 Å². The van der Waals surface area contributed by atoms with Crippen LogP contribution >= 0.6 is 0 Å².